The minimum Gasteiger partial charge on any atom is -0.329 e. The zero-order valence-corrected chi connectivity index (χ0v) is 9.46. The molecular weight excluding hydrogens is 208 g/mol. The van der Waals surface area contributed by atoms with Gasteiger partial charge in [0, 0.05) is 17.6 Å². The maximum absolute atomic E-state index is 5.81. The van der Waals surface area contributed by atoms with Gasteiger partial charge in [0.25, 0.3) is 0 Å². The van der Waals surface area contributed by atoms with Crippen molar-refractivity contribution in [1.82, 2.24) is 5.32 Å². The number of terminal acetylenes is 1. The highest BCUT2D eigenvalue weighted by molar-refractivity contribution is 6.30. The zero-order chi connectivity index (χ0) is 11.3. The average Bonchev–Trinajstić information content (AvgIpc) is 2.27. The van der Waals surface area contributed by atoms with Crippen LogP contribution in [-0.2, 0) is 0 Å². The number of benzene rings is 1. The molecule has 0 amide bonds. The lowest BCUT2D eigenvalue weighted by atomic mass is 10.1. The predicted octanol–water partition coefficient (Wildman–Crippen LogP) is 1.95. The van der Waals surface area contributed by atoms with Gasteiger partial charge in [-0.15, -0.1) is 6.42 Å². The summed E-state index contributed by atoms with van der Waals surface area (Å²) in [5, 5.41) is 3.97. The van der Waals surface area contributed by atoms with Gasteiger partial charge in [0.2, 0.25) is 0 Å². The van der Waals surface area contributed by atoms with Gasteiger partial charge < -0.3 is 5.73 Å². The van der Waals surface area contributed by atoms with Crippen LogP contribution in [0, 0.1) is 12.3 Å². The molecule has 80 valence electrons. The van der Waals surface area contributed by atoms with Crippen molar-refractivity contribution in [2.45, 2.75) is 19.0 Å². The molecule has 1 aromatic rings. The lowest BCUT2D eigenvalue weighted by Gasteiger charge is -2.19. The topological polar surface area (TPSA) is 38.0 Å². The molecule has 1 aromatic carbocycles. The number of nitrogens with one attached hydrogen (secondary N) is 1. The van der Waals surface area contributed by atoms with Gasteiger partial charge in [-0.25, -0.2) is 0 Å². The minimum absolute atomic E-state index is 0.00854. The Kier molecular flexibility index (Phi) is 4.64. The molecule has 0 aliphatic rings. The number of halogens is 1. The zero-order valence-electron chi connectivity index (χ0n) is 8.70. The van der Waals surface area contributed by atoms with Crippen LogP contribution in [0.4, 0.5) is 0 Å². The van der Waals surface area contributed by atoms with E-state index in [2.05, 4.69) is 11.2 Å². The summed E-state index contributed by atoms with van der Waals surface area (Å²) in [4.78, 5) is 0. The molecule has 1 rings (SSSR count). The molecule has 0 aromatic heterocycles. The number of nitrogens with two attached hydrogens (primary N) is 1. The van der Waals surface area contributed by atoms with Crippen molar-refractivity contribution in [3.63, 3.8) is 0 Å². The second-order valence-electron chi connectivity index (χ2n) is 3.39. The first kappa shape index (κ1) is 12.1. The molecule has 0 radical (unpaired) electrons. The van der Waals surface area contributed by atoms with Crippen LogP contribution in [0.1, 0.15) is 18.5 Å². The maximum atomic E-state index is 5.81. The van der Waals surface area contributed by atoms with Crippen LogP contribution < -0.4 is 11.1 Å². The van der Waals surface area contributed by atoms with Crippen molar-refractivity contribution in [2.75, 3.05) is 6.54 Å². The molecule has 0 saturated heterocycles. The Labute approximate surface area is 95.8 Å². The van der Waals surface area contributed by atoms with Crippen LogP contribution in [0.25, 0.3) is 0 Å². The van der Waals surface area contributed by atoms with Crippen molar-refractivity contribution in [3.8, 4) is 12.3 Å². The van der Waals surface area contributed by atoms with Gasteiger partial charge in [-0.05, 0) is 24.6 Å². The summed E-state index contributed by atoms with van der Waals surface area (Å²) in [6.45, 7) is 2.44. The third-order valence-corrected chi connectivity index (χ3v) is 2.46. The van der Waals surface area contributed by atoms with Crippen LogP contribution in [-0.4, -0.2) is 12.6 Å². The molecule has 2 nitrogen and oxygen atoms in total. The van der Waals surface area contributed by atoms with E-state index in [1.807, 2.05) is 31.2 Å². The average molecular weight is 223 g/mol. The van der Waals surface area contributed by atoms with Gasteiger partial charge >= 0.3 is 0 Å². The Balaban J connectivity index is 2.75. The SMILES string of the molecule is C#CC(C)NC(CN)c1ccc(Cl)cc1. The molecule has 0 heterocycles. The summed E-state index contributed by atoms with van der Waals surface area (Å²) in [7, 11) is 0. The van der Waals surface area contributed by atoms with Crippen molar-refractivity contribution >= 4 is 11.6 Å². The molecule has 3 N–H and O–H groups in total. The second kappa shape index (κ2) is 5.77. The van der Waals surface area contributed by atoms with Crippen molar-refractivity contribution < 1.29 is 0 Å². The monoisotopic (exact) mass is 222 g/mol. The van der Waals surface area contributed by atoms with Crippen LogP contribution in [0.2, 0.25) is 5.02 Å². The van der Waals surface area contributed by atoms with E-state index in [1.165, 1.54) is 0 Å². The van der Waals surface area contributed by atoms with Gasteiger partial charge in [-0.3, -0.25) is 5.32 Å². The minimum atomic E-state index is 0.00854. The third-order valence-electron chi connectivity index (χ3n) is 2.21. The Morgan fingerprint density at radius 1 is 1.47 bits per heavy atom. The van der Waals surface area contributed by atoms with E-state index < -0.39 is 0 Å². The molecule has 2 unspecified atom stereocenters. The molecule has 0 saturated carbocycles. The Bertz CT molecular complexity index is 340. The highest BCUT2D eigenvalue weighted by atomic mass is 35.5. The van der Waals surface area contributed by atoms with Gasteiger partial charge in [0.05, 0.1) is 6.04 Å². The molecule has 0 fully saturated rings. The highest BCUT2D eigenvalue weighted by Gasteiger charge is 2.10. The van der Waals surface area contributed by atoms with E-state index in [0.29, 0.717) is 6.54 Å². The summed E-state index contributed by atoms with van der Waals surface area (Å²) in [6, 6.07) is 7.69. The van der Waals surface area contributed by atoms with E-state index in [0.717, 1.165) is 10.6 Å². The Morgan fingerprint density at radius 2 is 2.07 bits per heavy atom. The van der Waals surface area contributed by atoms with Gasteiger partial charge in [0.15, 0.2) is 0 Å². The number of hydrogen-bond acceptors (Lipinski definition) is 2. The summed E-state index contributed by atoms with van der Waals surface area (Å²) < 4.78 is 0. The van der Waals surface area contributed by atoms with Crippen LogP contribution in [0.3, 0.4) is 0 Å². The fourth-order valence-electron chi connectivity index (χ4n) is 1.35. The number of hydrogen-bond donors (Lipinski definition) is 2. The Morgan fingerprint density at radius 3 is 2.53 bits per heavy atom. The molecule has 0 spiro atoms. The molecular formula is C12H15ClN2. The third kappa shape index (κ3) is 3.56. The van der Waals surface area contributed by atoms with E-state index in [9.17, 15) is 0 Å². The van der Waals surface area contributed by atoms with Crippen LogP contribution in [0.5, 0.6) is 0 Å². The van der Waals surface area contributed by atoms with E-state index in [1.54, 1.807) is 0 Å². The fourth-order valence-corrected chi connectivity index (χ4v) is 1.47. The number of rotatable bonds is 4. The second-order valence-corrected chi connectivity index (χ2v) is 3.83. The smallest absolute Gasteiger partial charge is 0.0663 e. The molecule has 15 heavy (non-hydrogen) atoms. The summed E-state index contributed by atoms with van der Waals surface area (Å²) >= 11 is 5.81. The largest absolute Gasteiger partial charge is 0.329 e. The van der Waals surface area contributed by atoms with Crippen LogP contribution >= 0.6 is 11.6 Å². The first-order valence-electron chi connectivity index (χ1n) is 4.85. The predicted molar refractivity (Wildman–Crippen MR) is 64.7 cm³/mol. The quantitative estimate of drug-likeness (QED) is 0.765. The molecule has 0 aliphatic carbocycles. The molecule has 0 aliphatic heterocycles. The standard InChI is InChI=1S/C12H15ClN2/c1-3-9(2)15-12(8-14)10-4-6-11(13)7-5-10/h1,4-7,9,12,15H,8,14H2,2H3. The summed E-state index contributed by atoms with van der Waals surface area (Å²) in [5.41, 5.74) is 6.78. The first-order valence-corrected chi connectivity index (χ1v) is 5.23. The highest BCUT2D eigenvalue weighted by Crippen LogP contribution is 2.16. The van der Waals surface area contributed by atoms with Crippen molar-refractivity contribution in [1.29, 1.82) is 0 Å². The summed E-state index contributed by atoms with van der Waals surface area (Å²) in [6.07, 6.45) is 5.30. The normalized spacial score (nSPS) is 14.3. The molecule has 2 atom stereocenters. The van der Waals surface area contributed by atoms with E-state index in [4.69, 9.17) is 23.8 Å². The summed E-state index contributed by atoms with van der Waals surface area (Å²) in [5.74, 6) is 2.62. The van der Waals surface area contributed by atoms with E-state index >= 15 is 0 Å². The van der Waals surface area contributed by atoms with E-state index in [-0.39, 0.29) is 12.1 Å². The fraction of sp³-hybridized carbons (Fsp3) is 0.333. The van der Waals surface area contributed by atoms with Crippen LogP contribution in [0.15, 0.2) is 24.3 Å². The van der Waals surface area contributed by atoms with Crippen molar-refractivity contribution in [2.24, 2.45) is 5.73 Å². The molecule has 3 heteroatoms. The molecule has 0 bridgehead atoms. The van der Waals surface area contributed by atoms with Crippen molar-refractivity contribution in [3.05, 3.63) is 34.9 Å². The van der Waals surface area contributed by atoms with Gasteiger partial charge in [0.1, 0.15) is 0 Å². The maximum Gasteiger partial charge on any atom is 0.0663 e. The van der Waals surface area contributed by atoms with Gasteiger partial charge in [-0.2, -0.15) is 0 Å². The lowest BCUT2D eigenvalue weighted by Crippen LogP contribution is -2.34. The first-order chi connectivity index (χ1) is 7.17. The lowest BCUT2D eigenvalue weighted by molar-refractivity contribution is 0.518. The Hall–Kier alpha value is -1.01. The van der Waals surface area contributed by atoms with Gasteiger partial charge in [-0.1, -0.05) is 29.7 Å².